The molecule has 37 heavy (non-hydrogen) atoms. The number of nitrogens with zero attached hydrogens (tertiary/aromatic N) is 2. The third-order valence-electron chi connectivity index (χ3n) is 5.65. The maximum Gasteiger partial charge on any atom is 0.341 e. The van der Waals surface area contributed by atoms with E-state index in [2.05, 4.69) is 10.3 Å². The Bertz CT molecular complexity index is 1440. The number of benzene rings is 1. The second kappa shape index (κ2) is 12.0. The van der Waals surface area contributed by atoms with Crippen LogP contribution in [-0.2, 0) is 43.2 Å². The van der Waals surface area contributed by atoms with Crippen LogP contribution in [0.3, 0.4) is 0 Å². The topological polar surface area (TPSA) is 116 Å². The van der Waals surface area contributed by atoms with Gasteiger partial charge < -0.3 is 19.4 Å². The van der Waals surface area contributed by atoms with Crippen molar-refractivity contribution in [3.05, 3.63) is 44.8 Å². The minimum Gasteiger partial charge on any atom is -0.468 e. The van der Waals surface area contributed by atoms with E-state index in [4.69, 9.17) is 9.47 Å². The monoisotopic (exact) mass is 565 g/mol. The normalized spacial score (nSPS) is 13.3. The summed E-state index contributed by atoms with van der Waals surface area (Å²) in [6.45, 7) is -0.183. The SMILES string of the molecule is COC(=O)Cn1c(=NC(=O)CSCC(=O)Nc2sc3c(c2C(=O)OC)CCCC3)sc2cc(F)ccc21. The van der Waals surface area contributed by atoms with Gasteiger partial charge in [-0.05, 0) is 49.4 Å². The molecule has 13 heteroatoms. The number of hydrogen-bond donors (Lipinski definition) is 1. The highest BCUT2D eigenvalue weighted by Gasteiger charge is 2.27. The summed E-state index contributed by atoms with van der Waals surface area (Å²) in [6, 6.07) is 4.08. The fraction of sp³-hybridized carbons (Fsp3) is 0.375. The molecule has 0 bridgehead atoms. The summed E-state index contributed by atoms with van der Waals surface area (Å²) in [5, 5.41) is 3.27. The van der Waals surface area contributed by atoms with Gasteiger partial charge in [0.25, 0.3) is 5.91 Å². The van der Waals surface area contributed by atoms with Crippen LogP contribution < -0.4 is 10.1 Å². The number of nitrogens with one attached hydrogen (secondary N) is 1. The van der Waals surface area contributed by atoms with Gasteiger partial charge in [0.15, 0.2) is 4.80 Å². The van der Waals surface area contributed by atoms with Gasteiger partial charge in [0.05, 0.1) is 41.5 Å². The average Bonchev–Trinajstić information content (AvgIpc) is 3.40. The van der Waals surface area contributed by atoms with E-state index in [1.54, 1.807) is 0 Å². The van der Waals surface area contributed by atoms with Crippen LogP contribution in [0, 0.1) is 5.82 Å². The average molecular weight is 566 g/mol. The van der Waals surface area contributed by atoms with Crippen molar-refractivity contribution in [3.63, 3.8) is 0 Å². The van der Waals surface area contributed by atoms with Crippen LogP contribution in [0.4, 0.5) is 9.39 Å². The first-order valence-corrected chi connectivity index (χ1v) is 14.1. The van der Waals surface area contributed by atoms with Gasteiger partial charge in [0.2, 0.25) is 5.91 Å². The number of rotatable bonds is 8. The number of fused-ring (bicyclic) bond motifs is 2. The van der Waals surface area contributed by atoms with Crippen LogP contribution in [0.15, 0.2) is 23.2 Å². The van der Waals surface area contributed by atoms with E-state index < -0.39 is 23.7 Å². The van der Waals surface area contributed by atoms with Crippen molar-refractivity contribution >= 4 is 73.4 Å². The first-order chi connectivity index (χ1) is 17.8. The molecule has 1 N–H and O–H groups in total. The molecule has 9 nitrogen and oxygen atoms in total. The van der Waals surface area contributed by atoms with E-state index in [1.165, 1.54) is 48.3 Å². The molecule has 0 unspecified atom stereocenters. The van der Waals surface area contributed by atoms with Crippen molar-refractivity contribution in [2.75, 3.05) is 31.0 Å². The molecule has 4 rings (SSSR count). The van der Waals surface area contributed by atoms with Crippen molar-refractivity contribution in [1.29, 1.82) is 0 Å². The molecule has 0 spiro atoms. The molecule has 1 aliphatic rings. The van der Waals surface area contributed by atoms with Gasteiger partial charge in [-0.1, -0.05) is 11.3 Å². The van der Waals surface area contributed by atoms with Gasteiger partial charge in [0.1, 0.15) is 17.4 Å². The standard InChI is InChI=1S/C24H24FN3O6S3/c1-33-20(31)10-28-15-8-7-13(25)9-17(15)37-24(28)27-19(30)12-35-11-18(29)26-22-21(23(32)34-2)14-5-3-4-6-16(14)36-22/h7-9H,3-6,10-12H2,1-2H3,(H,26,29). The molecule has 0 saturated heterocycles. The van der Waals surface area contributed by atoms with Crippen LogP contribution in [0.1, 0.15) is 33.6 Å². The molecule has 2 heterocycles. The Morgan fingerprint density at radius 3 is 2.65 bits per heavy atom. The van der Waals surface area contributed by atoms with E-state index >= 15 is 0 Å². The number of thiazole rings is 1. The summed E-state index contributed by atoms with van der Waals surface area (Å²) in [7, 11) is 2.56. The fourth-order valence-corrected chi connectivity index (χ4v) is 6.95. The number of esters is 2. The predicted octanol–water partition coefficient (Wildman–Crippen LogP) is 3.54. The molecule has 2 amide bonds. The second-order valence-corrected chi connectivity index (χ2v) is 11.2. The smallest absolute Gasteiger partial charge is 0.341 e. The van der Waals surface area contributed by atoms with Crippen molar-refractivity contribution in [1.82, 2.24) is 4.57 Å². The molecule has 0 atom stereocenters. The number of amides is 2. The Morgan fingerprint density at radius 1 is 1.11 bits per heavy atom. The summed E-state index contributed by atoms with van der Waals surface area (Å²) in [4.78, 5) is 54.7. The summed E-state index contributed by atoms with van der Waals surface area (Å²) in [6.07, 6.45) is 3.66. The van der Waals surface area contributed by atoms with E-state index in [-0.39, 0.29) is 28.8 Å². The summed E-state index contributed by atoms with van der Waals surface area (Å²) in [5.41, 5.74) is 1.92. The second-order valence-electron chi connectivity index (χ2n) is 8.11. The molecule has 0 fully saturated rings. The van der Waals surface area contributed by atoms with E-state index in [0.29, 0.717) is 20.8 Å². The van der Waals surface area contributed by atoms with Gasteiger partial charge >= 0.3 is 11.9 Å². The van der Waals surface area contributed by atoms with Gasteiger partial charge in [-0.3, -0.25) is 14.4 Å². The zero-order chi connectivity index (χ0) is 26.5. The zero-order valence-corrected chi connectivity index (χ0v) is 22.6. The Hall–Kier alpha value is -3.03. The lowest BCUT2D eigenvalue weighted by Gasteiger charge is -2.11. The maximum atomic E-state index is 13.7. The lowest BCUT2D eigenvalue weighted by molar-refractivity contribution is -0.141. The largest absolute Gasteiger partial charge is 0.468 e. The van der Waals surface area contributed by atoms with Crippen molar-refractivity contribution < 1.29 is 33.0 Å². The summed E-state index contributed by atoms with van der Waals surface area (Å²) in [5.74, 6) is -2.42. The molecule has 0 aliphatic heterocycles. The Balaban J connectivity index is 1.43. The van der Waals surface area contributed by atoms with Gasteiger partial charge in [-0.25, -0.2) is 9.18 Å². The third-order valence-corrected chi connectivity index (χ3v) is 8.82. The molecular formula is C24H24FN3O6S3. The van der Waals surface area contributed by atoms with Crippen LogP contribution >= 0.6 is 34.4 Å². The number of hydrogen-bond acceptors (Lipinski definition) is 9. The molecule has 1 aromatic carbocycles. The number of thiophene rings is 1. The Labute approximate surface area is 223 Å². The Morgan fingerprint density at radius 2 is 1.89 bits per heavy atom. The number of ether oxygens (including phenoxy) is 2. The molecular weight excluding hydrogens is 541 g/mol. The van der Waals surface area contributed by atoms with Crippen LogP contribution in [0.25, 0.3) is 10.2 Å². The molecule has 2 aromatic heterocycles. The number of anilines is 1. The first-order valence-electron chi connectivity index (χ1n) is 11.3. The maximum absolute atomic E-state index is 13.7. The Kier molecular flexibility index (Phi) is 8.77. The third kappa shape index (κ3) is 6.28. The van der Waals surface area contributed by atoms with Gasteiger partial charge in [0, 0.05) is 4.88 Å². The van der Waals surface area contributed by atoms with Gasteiger partial charge in [-0.2, -0.15) is 4.99 Å². The highest BCUT2D eigenvalue weighted by molar-refractivity contribution is 8.00. The fourth-order valence-electron chi connectivity index (χ4n) is 3.98. The van der Waals surface area contributed by atoms with E-state index in [9.17, 15) is 23.6 Å². The minimum absolute atomic E-state index is 0.0236. The summed E-state index contributed by atoms with van der Waals surface area (Å²) >= 11 is 3.54. The van der Waals surface area contributed by atoms with Crippen LogP contribution in [-0.4, -0.2) is 54.0 Å². The molecule has 1 aliphatic carbocycles. The number of aromatic nitrogens is 1. The molecule has 0 saturated carbocycles. The summed E-state index contributed by atoms with van der Waals surface area (Å²) < 4.78 is 25.3. The number of methoxy groups -OCH3 is 2. The van der Waals surface area contributed by atoms with Crippen LogP contribution in [0.5, 0.6) is 0 Å². The van der Waals surface area contributed by atoms with Crippen LogP contribution in [0.2, 0.25) is 0 Å². The molecule has 3 aromatic rings. The van der Waals surface area contributed by atoms with E-state index in [0.717, 1.165) is 59.2 Å². The minimum atomic E-state index is -0.537. The number of aryl methyl sites for hydroxylation is 1. The van der Waals surface area contributed by atoms with Crippen molar-refractivity contribution in [2.45, 2.75) is 32.2 Å². The highest BCUT2D eigenvalue weighted by atomic mass is 32.2. The number of thioether (sulfide) groups is 1. The lowest BCUT2D eigenvalue weighted by Crippen LogP contribution is -2.23. The highest BCUT2D eigenvalue weighted by Crippen LogP contribution is 2.38. The predicted molar refractivity (Wildman–Crippen MR) is 141 cm³/mol. The van der Waals surface area contributed by atoms with Crippen molar-refractivity contribution in [2.24, 2.45) is 4.99 Å². The first kappa shape index (κ1) is 27.0. The number of carbonyl (C=O) groups is 4. The van der Waals surface area contributed by atoms with Gasteiger partial charge in [-0.15, -0.1) is 23.1 Å². The molecule has 0 radical (unpaired) electrons. The van der Waals surface area contributed by atoms with E-state index in [1.807, 2.05) is 0 Å². The zero-order valence-electron chi connectivity index (χ0n) is 20.1. The van der Waals surface area contributed by atoms with Crippen molar-refractivity contribution in [3.8, 4) is 0 Å². The number of halogens is 1. The lowest BCUT2D eigenvalue weighted by atomic mass is 9.95. The number of carbonyl (C=O) groups excluding carboxylic acids is 4. The molecule has 196 valence electrons. The quantitative estimate of drug-likeness (QED) is 0.416.